The Bertz CT molecular complexity index is 3310. The van der Waals surface area contributed by atoms with E-state index in [1.54, 1.807) is 0 Å². The van der Waals surface area contributed by atoms with Crippen LogP contribution < -0.4 is 26.8 Å². The van der Waals surface area contributed by atoms with E-state index in [1.807, 2.05) is 25.1 Å². The summed E-state index contributed by atoms with van der Waals surface area (Å²) in [6.07, 6.45) is 0. The molecule has 1 aliphatic carbocycles. The van der Waals surface area contributed by atoms with Crippen LogP contribution >= 0.6 is 0 Å². The first-order valence-corrected chi connectivity index (χ1v) is 20.8. The van der Waals surface area contributed by atoms with E-state index in [2.05, 4.69) is 181 Å². The van der Waals surface area contributed by atoms with Gasteiger partial charge in [0.15, 0.2) is 0 Å². The molecule has 0 bridgehead atoms. The molecule has 2 nitrogen and oxygen atoms in total. The van der Waals surface area contributed by atoms with Gasteiger partial charge in [-0.2, -0.15) is 0 Å². The summed E-state index contributed by atoms with van der Waals surface area (Å²) < 4.78 is 6.49. The number of rotatable bonds is 7. The number of hydrogen-bond donors (Lipinski definition) is 0. The van der Waals surface area contributed by atoms with Gasteiger partial charge in [-0.15, -0.1) is 10.9 Å². The number of hydrogen-bond acceptors (Lipinski definition) is 2. The van der Waals surface area contributed by atoms with E-state index < -0.39 is 5.41 Å². The highest BCUT2D eigenvalue weighted by molar-refractivity contribution is 6.64. The normalized spacial score (nSPS) is 14.2. The van der Waals surface area contributed by atoms with Gasteiger partial charge in [-0.25, -0.2) is 0 Å². The summed E-state index contributed by atoms with van der Waals surface area (Å²) in [7, 11) is 26.7. The fourth-order valence-corrected chi connectivity index (χ4v) is 9.84. The van der Waals surface area contributed by atoms with Gasteiger partial charge >= 0.3 is 0 Å². The van der Waals surface area contributed by atoms with Gasteiger partial charge in [0.2, 0.25) is 0 Å². The molecule has 0 saturated carbocycles. The van der Waals surface area contributed by atoms with Crippen molar-refractivity contribution in [3.05, 3.63) is 222 Å². The second kappa shape index (κ2) is 14.8. The van der Waals surface area contributed by atoms with Crippen LogP contribution in [0.25, 0.3) is 55.3 Å². The molecule has 1 heterocycles. The summed E-state index contributed by atoms with van der Waals surface area (Å²) in [4.78, 5) is 2.17. The van der Waals surface area contributed by atoms with Crippen LogP contribution in [-0.2, 0) is 5.41 Å². The van der Waals surface area contributed by atoms with E-state index in [1.165, 1.54) is 11.1 Å². The van der Waals surface area contributed by atoms with E-state index in [-0.39, 0.29) is 10.9 Å². The summed E-state index contributed by atoms with van der Waals surface area (Å²) in [5, 5.41) is 2.22. The maximum atomic E-state index is 6.98. The molecule has 0 spiro atoms. The van der Waals surface area contributed by atoms with E-state index in [0.717, 1.165) is 83.4 Å². The Balaban J connectivity index is 1.14. The van der Waals surface area contributed by atoms with Crippen molar-refractivity contribution in [1.82, 2.24) is 0 Å². The van der Waals surface area contributed by atoms with Crippen molar-refractivity contribution in [1.29, 1.82) is 0 Å². The molecule has 9 aromatic carbocycles. The lowest BCUT2D eigenvalue weighted by molar-refractivity contribution is 0.670. The molecule has 0 fully saturated rings. The third kappa shape index (κ3) is 5.70. The molecule has 0 aliphatic heterocycles. The summed E-state index contributed by atoms with van der Waals surface area (Å²) >= 11 is 0. The Labute approximate surface area is 367 Å². The fourth-order valence-electron chi connectivity index (χ4n) is 9.84. The van der Waals surface area contributed by atoms with Gasteiger partial charge in [0.1, 0.15) is 42.6 Å². The van der Waals surface area contributed by atoms with Gasteiger partial charge in [0, 0.05) is 33.4 Å². The van der Waals surface area contributed by atoms with Crippen molar-refractivity contribution >= 4 is 92.2 Å². The number of fused-ring (bicyclic) bond motifs is 6. The van der Waals surface area contributed by atoms with Crippen molar-refractivity contribution in [3.63, 3.8) is 0 Å². The Morgan fingerprint density at radius 2 is 0.984 bits per heavy atom. The zero-order valence-corrected chi connectivity index (χ0v) is 34.1. The van der Waals surface area contributed by atoms with Crippen molar-refractivity contribution in [2.75, 3.05) is 4.90 Å². The molecule has 8 radical (unpaired) electrons. The number of nitrogens with zero attached hydrogens (tertiary/aromatic N) is 1. The Kier molecular flexibility index (Phi) is 9.02. The van der Waals surface area contributed by atoms with Crippen LogP contribution in [0.15, 0.2) is 199 Å². The highest BCUT2D eigenvalue weighted by atomic mass is 16.3. The van der Waals surface area contributed by atoms with E-state index in [4.69, 9.17) is 35.8 Å². The van der Waals surface area contributed by atoms with E-state index >= 15 is 0 Å². The summed E-state index contributed by atoms with van der Waals surface area (Å²) in [5.74, 6) is 0. The van der Waals surface area contributed by atoms with Crippen LogP contribution in [0.3, 0.4) is 0 Å². The van der Waals surface area contributed by atoms with E-state index in [9.17, 15) is 0 Å². The molecule has 1 atom stereocenters. The molecule has 1 unspecified atom stereocenters. The smallest absolute Gasteiger partial charge is 0.143 e. The average Bonchev–Trinajstić information content (AvgIpc) is 3.86. The number of anilines is 3. The topological polar surface area (TPSA) is 16.4 Å². The molecule has 6 heteroatoms. The molecular weight excluding hydrogens is 746 g/mol. The van der Waals surface area contributed by atoms with Crippen LogP contribution in [0.2, 0.25) is 0 Å². The number of para-hydroxylation sites is 2. The summed E-state index contributed by atoms with van der Waals surface area (Å²) in [6.45, 7) is 1.95. The minimum Gasteiger partial charge on any atom is -0.455 e. The predicted octanol–water partition coefficient (Wildman–Crippen LogP) is 10.2. The zero-order valence-electron chi connectivity index (χ0n) is 34.1. The highest BCUT2D eigenvalue weighted by Gasteiger charge is 2.46. The summed E-state index contributed by atoms with van der Waals surface area (Å²) in [6, 6.07) is 68.8. The average molecular weight is 781 g/mol. The lowest BCUT2D eigenvalue weighted by atomic mass is 9.64. The molecule has 0 N–H and O–H groups in total. The van der Waals surface area contributed by atoms with Crippen LogP contribution in [0, 0.1) is 6.92 Å². The van der Waals surface area contributed by atoms with Crippen molar-refractivity contribution in [2.45, 2.75) is 12.3 Å². The Morgan fingerprint density at radius 3 is 1.76 bits per heavy atom. The molecule has 62 heavy (non-hydrogen) atoms. The SMILES string of the molecule is [B]c1c([B])c([B])c(N(c2ccc(-c3ccccc3)cc2)c2ccc3c(c2)C(c2ccccc2)(c2ccc(-c4cccc5c4oc4ccccc45)cc2)c2ccccc2-3)c(C)c1[B]. The Hall–Kier alpha value is -7.16. The molecule has 1 aromatic heterocycles. The molecule has 0 saturated heterocycles. The van der Waals surface area contributed by atoms with Crippen LogP contribution in [0.5, 0.6) is 0 Å². The molecule has 10 aromatic rings. The molecular formula is C56H35B4NO. The highest BCUT2D eigenvalue weighted by Crippen LogP contribution is 2.57. The Morgan fingerprint density at radius 1 is 0.419 bits per heavy atom. The van der Waals surface area contributed by atoms with Crippen molar-refractivity contribution < 1.29 is 4.42 Å². The predicted molar refractivity (Wildman–Crippen MR) is 263 cm³/mol. The fraction of sp³-hybridized carbons (Fsp3) is 0.0357. The minimum absolute atomic E-state index is 0.264. The monoisotopic (exact) mass is 781 g/mol. The lowest BCUT2D eigenvalue weighted by Gasteiger charge is -2.36. The minimum atomic E-state index is -0.685. The maximum Gasteiger partial charge on any atom is 0.143 e. The first-order chi connectivity index (χ1) is 30.3. The molecule has 11 rings (SSSR count). The van der Waals surface area contributed by atoms with Gasteiger partial charge in [-0.3, -0.25) is 0 Å². The lowest BCUT2D eigenvalue weighted by Crippen LogP contribution is -2.50. The van der Waals surface area contributed by atoms with Gasteiger partial charge in [-0.05, 0) is 92.9 Å². The quantitative estimate of drug-likeness (QED) is 0.150. The standard InChI is InChI=1S/C56H35B4NO/c1-34-50(57)51(58)52(59)53(60)54(34)61(40-29-25-36(26-30-40)35-13-4-2-5-14-35)41-31-32-44-43-17-8-10-21-47(43)56(48(44)33-41,38-15-6-3-7-16-38)39-27-23-37(24-28-39)42-19-12-20-46-45-18-9-11-22-49(45)62-55(42)46/h2-33H,1H3. The van der Waals surface area contributed by atoms with Crippen molar-refractivity contribution in [3.8, 4) is 33.4 Å². The largest absolute Gasteiger partial charge is 0.455 e. The molecule has 282 valence electrons. The number of benzene rings is 9. The first-order valence-electron chi connectivity index (χ1n) is 20.8. The van der Waals surface area contributed by atoms with Crippen molar-refractivity contribution in [2.24, 2.45) is 0 Å². The van der Waals surface area contributed by atoms with E-state index in [0.29, 0.717) is 16.6 Å². The van der Waals surface area contributed by atoms with Gasteiger partial charge in [-0.1, -0.05) is 175 Å². The second-order valence-corrected chi connectivity index (χ2v) is 16.1. The summed E-state index contributed by atoms with van der Waals surface area (Å²) in [5.41, 5.74) is 17.0. The van der Waals surface area contributed by atoms with Crippen LogP contribution in [0.1, 0.15) is 27.8 Å². The molecule has 0 amide bonds. The molecule has 1 aliphatic rings. The van der Waals surface area contributed by atoms with Gasteiger partial charge in [0.05, 0.1) is 5.41 Å². The van der Waals surface area contributed by atoms with Gasteiger partial charge < -0.3 is 9.32 Å². The van der Waals surface area contributed by atoms with Crippen LogP contribution in [-0.4, -0.2) is 31.4 Å². The number of furan rings is 1. The third-order valence-corrected chi connectivity index (χ3v) is 12.9. The van der Waals surface area contributed by atoms with Gasteiger partial charge in [0.25, 0.3) is 0 Å². The first kappa shape index (κ1) is 37.8. The second-order valence-electron chi connectivity index (χ2n) is 16.1. The zero-order chi connectivity index (χ0) is 42.1. The maximum absolute atomic E-state index is 6.98. The third-order valence-electron chi connectivity index (χ3n) is 12.9. The van der Waals surface area contributed by atoms with Crippen LogP contribution in [0.4, 0.5) is 17.1 Å².